The van der Waals surface area contributed by atoms with E-state index in [0.29, 0.717) is 5.78 Å². The van der Waals surface area contributed by atoms with Crippen LogP contribution in [0.4, 0.5) is 0 Å². The number of Topliss-reactive ketones (excluding diaryl/α,β-unsaturated/α-hetero) is 1. The van der Waals surface area contributed by atoms with E-state index in [-0.39, 0.29) is 10.8 Å². The predicted octanol–water partition coefficient (Wildman–Crippen LogP) is 4.68. The minimum atomic E-state index is -0.175. The molecule has 0 N–H and O–H groups in total. The van der Waals surface area contributed by atoms with Crippen LogP contribution in [0.25, 0.3) is 0 Å². The summed E-state index contributed by atoms with van der Waals surface area (Å²) in [5, 5.41) is 0. The fraction of sp³-hybridized carbons (Fsp3) is 0.688. The van der Waals surface area contributed by atoms with E-state index in [1.165, 1.54) is 5.57 Å². The van der Waals surface area contributed by atoms with Crippen LogP contribution in [0.15, 0.2) is 23.3 Å². The molecule has 0 radical (unpaired) electrons. The maximum atomic E-state index is 12.2. The molecule has 17 heavy (non-hydrogen) atoms. The molecule has 0 aliphatic heterocycles. The van der Waals surface area contributed by atoms with Crippen molar-refractivity contribution in [2.24, 2.45) is 10.8 Å². The van der Waals surface area contributed by atoms with Gasteiger partial charge in [-0.3, -0.25) is 4.79 Å². The Labute approximate surface area is 106 Å². The highest BCUT2D eigenvalue weighted by Gasteiger charge is 2.34. The average molecular weight is 234 g/mol. The van der Waals surface area contributed by atoms with Crippen LogP contribution in [0.2, 0.25) is 0 Å². The van der Waals surface area contributed by atoms with E-state index >= 15 is 0 Å². The van der Waals surface area contributed by atoms with Crippen molar-refractivity contribution in [1.29, 1.82) is 0 Å². The summed E-state index contributed by atoms with van der Waals surface area (Å²) in [6, 6.07) is 0. The van der Waals surface area contributed by atoms with Gasteiger partial charge in [0.1, 0.15) is 0 Å². The van der Waals surface area contributed by atoms with Crippen LogP contribution in [0.3, 0.4) is 0 Å². The Kier molecular flexibility index (Phi) is 4.01. The molecular formula is C16H26O. The smallest absolute Gasteiger partial charge is 0.164 e. The van der Waals surface area contributed by atoms with Crippen molar-refractivity contribution in [2.75, 3.05) is 0 Å². The Bertz CT molecular complexity index is 365. The number of carbonyl (C=O) groups excluding carboxylic acids is 1. The summed E-state index contributed by atoms with van der Waals surface area (Å²) in [5.41, 5.74) is 2.35. The average Bonchev–Trinajstić information content (AvgIpc) is 2.21. The van der Waals surface area contributed by atoms with Gasteiger partial charge < -0.3 is 0 Å². The molecule has 0 saturated carbocycles. The monoisotopic (exact) mass is 234 g/mol. The van der Waals surface area contributed by atoms with Gasteiger partial charge in [-0.15, -0.1) is 0 Å². The van der Waals surface area contributed by atoms with E-state index in [9.17, 15) is 4.79 Å². The number of rotatable bonds is 2. The van der Waals surface area contributed by atoms with Gasteiger partial charge in [0.15, 0.2) is 5.78 Å². The number of hydrogen-bond acceptors (Lipinski definition) is 1. The quantitative estimate of drug-likeness (QED) is 0.634. The zero-order chi connectivity index (χ0) is 13.3. The molecule has 0 spiro atoms. The molecule has 0 aromatic heterocycles. The molecular weight excluding hydrogens is 208 g/mol. The number of hydrogen-bond donors (Lipinski definition) is 0. The Morgan fingerprint density at radius 2 is 2.06 bits per heavy atom. The fourth-order valence-electron chi connectivity index (χ4n) is 2.17. The highest BCUT2D eigenvalue weighted by Crippen LogP contribution is 2.37. The zero-order valence-corrected chi connectivity index (χ0v) is 12.2. The van der Waals surface area contributed by atoms with Crippen molar-refractivity contribution < 1.29 is 4.79 Å². The van der Waals surface area contributed by atoms with Crippen molar-refractivity contribution in [2.45, 2.75) is 60.8 Å². The summed E-state index contributed by atoms with van der Waals surface area (Å²) in [7, 11) is 0. The second-order valence-corrected chi connectivity index (χ2v) is 6.66. The van der Waals surface area contributed by atoms with Crippen LogP contribution in [-0.4, -0.2) is 5.78 Å². The van der Waals surface area contributed by atoms with E-state index in [0.717, 1.165) is 24.8 Å². The molecule has 1 heteroatoms. The maximum Gasteiger partial charge on any atom is 0.164 e. The molecule has 0 saturated heterocycles. The molecule has 0 aromatic rings. The van der Waals surface area contributed by atoms with Crippen molar-refractivity contribution in [1.82, 2.24) is 0 Å². The minimum Gasteiger partial charge on any atom is -0.294 e. The molecule has 96 valence electrons. The summed E-state index contributed by atoms with van der Waals surface area (Å²) in [6.07, 6.45) is 7.23. The van der Waals surface area contributed by atoms with Crippen molar-refractivity contribution >= 4 is 5.78 Å². The van der Waals surface area contributed by atoms with Crippen LogP contribution in [0.1, 0.15) is 60.8 Å². The minimum absolute atomic E-state index is 0.175. The van der Waals surface area contributed by atoms with E-state index in [1.807, 2.05) is 6.92 Å². The van der Waals surface area contributed by atoms with Crippen molar-refractivity contribution in [3.05, 3.63) is 23.3 Å². The van der Waals surface area contributed by atoms with Gasteiger partial charge in [-0.05, 0) is 44.1 Å². The van der Waals surface area contributed by atoms with Crippen LogP contribution in [0, 0.1) is 10.8 Å². The molecule has 1 rings (SSSR count). The summed E-state index contributed by atoms with van der Waals surface area (Å²) >= 11 is 0. The largest absolute Gasteiger partial charge is 0.294 e. The van der Waals surface area contributed by atoms with Crippen molar-refractivity contribution in [3.8, 4) is 0 Å². The van der Waals surface area contributed by atoms with Crippen LogP contribution in [0.5, 0.6) is 0 Å². The Balaban J connectivity index is 2.82. The Morgan fingerprint density at radius 3 is 2.59 bits per heavy atom. The highest BCUT2D eigenvalue weighted by molar-refractivity contribution is 6.00. The first kappa shape index (κ1) is 14.2. The number of allylic oxidation sites excluding steroid dienone is 4. The third-order valence-corrected chi connectivity index (χ3v) is 4.09. The summed E-state index contributed by atoms with van der Waals surface area (Å²) in [6.45, 7) is 12.9. The summed E-state index contributed by atoms with van der Waals surface area (Å²) in [5.74, 6) is 0.335. The van der Waals surface area contributed by atoms with Gasteiger partial charge in [0.25, 0.3) is 0 Å². The third-order valence-electron chi connectivity index (χ3n) is 4.09. The molecule has 0 bridgehead atoms. The molecule has 1 unspecified atom stereocenters. The van der Waals surface area contributed by atoms with Crippen LogP contribution < -0.4 is 0 Å². The lowest BCUT2D eigenvalue weighted by Crippen LogP contribution is -2.30. The van der Waals surface area contributed by atoms with Gasteiger partial charge >= 0.3 is 0 Å². The van der Waals surface area contributed by atoms with Crippen LogP contribution in [-0.2, 0) is 4.79 Å². The van der Waals surface area contributed by atoms with Gasteiger partial charge in [0.2, 0.25) is 0 Å². The normalized spacial score (nSPS) is 27.1. The Morgan fingerprint density at radius 1 is 1.47 bits per heavy atom. The van der Waals surface area contributed by atoms with E-state index < -0.39 is 0 Å². The fourth-order valence-corrected chi connectivity index (χ4v) is 2.17. The van der Waals surface area contributed by atoms with Crippen LogP contribution >= 0.6 is 0 Å². The predicted molar refractivity (Wildman–Crippen MR) is 73.9 cm³/mol. The molecule has 1 atom stereocenters. The van der Waals surface area contributed by atoms with E-state index in [4.69, 9.17) is 0 Å². The summed E-state index contributed by atoms with van der Waals surface area (Å²) < 4.78 is 0. The van der Waals surface area contributed by atoms with Gasteiger partial charge in [0, 0.05) is 5.41 Å². The first-order valence-corrected chi connectivity index (χ1v) is 6.56. The summed E-state index contributed by atoms with van der Waals surface area (Å²) in [4.78, 5) is 12.2. The van der Waals surface area contributed by atoms with Gasteiger partial charge in [0.05, 0.1) is 0 Å². The molecule has 0 fully saturated rings. The number of carbonyl (C=O) groups is 1. The second kappa shape index (κ2) is 4.80. The second-order valence-electron chi connectivity index (χ2n) is 6.66. The molecule has 0 heterocycles. The highest BCUT2D eigenvalue weighted by atomic mass is 16.1. The molecule has 0 amide bonds. The maximum absolute atomic E-state index is 12.2. The lowest BCUT2D eigenvalue weighted by atomic mass is 9.71. The Hall–Kier alpha value is -0.850. The number of ketones is 1. The molecule has 1 aliphatic carbocycles. The third kappa shape index (κ3) is 3.31. The first-order valence-electron chi connectivity index (χ1n) is 6.56. The van der Waals surface area contributed by atoms with Gasteiger partial charge in [-0.2, -0.15) is 0 Å². The van der Waals surface area contributed by atoms with Gasteiger partial charge in [-0.1, -0.05) is 45.4 Å². The molecule has 1 nitrogen and oxygen atoms in total. The molecule has 1 aliphatic rings. The van der Waals surface area contributed by atoms with E-state index in [2.05, 4.69) is 46.8 Å². The van der Waals surface area contributed by atoms with Crippen molar-refractivity contribution in [3.63, 3.8) is 0 Å². The first-order chi connectivity index (χ1) is 7.67. The standard InChI is InChI=1S/C16H26O/c1-12-8-7-10-16(6,14(12)17)11-9-13(2)15(3,4)5/h8-9H,7,10-11H2,1-6H3/b13-9+. The van der Waals surface area contributed by atoms with Gasteiger partial charge in [-0.25, -0.2) is 0 Å². The topological polar surface area (TPSA) is 17.1 Å². The molecule has 0 aromatic carbocycles. The lowest BCUT2D eigenvalue weighted by molar-refractivity contribution is -0.124. The lowest BCUT2D eigenvalue weighted by Gasteiger charge is -2.31. The SMILES string of the molecule is CC1=CCCC(C)(C/C=C(\C)C(C)(C)C)C1=O. The zero-order valence-electron chi connectivity index (χ0n) is 12.2. The van der Waals surface area contributed by atoms with E-state index in [1.54, 1.807) is 0 Å².